The predicted molar refractivity (Wildman–Crippen MR) is 267 cm³/mol. The molecule has 7 rings (SSSR count). The Morgan fingerprint density at radius 3 is 2.36 bits per heavy atom. The predicted octanol–water partition coefficient (Wildman–Crippen LogP) is 11.2. The van der Waals surface area contributed by atoms with Crippen LogP contribution in [0.5, 0.6) is 11.5 Å². The molecule has 3 heterocycles. The normalized spacial score (nSPS) is 25.5. The number of ether oxygens (including phenoxy) is 5. The molecule has 1 unspecified atom stereocenters. The van der Waals surface area contributed by atoms with Crippen molar-refractivity contribution >= 4 is 11.8 Å². The highest BCUT2D eigenvalue weighted by atomic mass is 19.1. The first-order valence-electron chi connectivity index (χ1n) is 26.8. The second-order valence-corrected chi connectivity index (χ2v) is 19.9. The molecule has 2 saturated heterocycles. The number of oxime groups is 1. The number of aliphatic hydroxyl groups excluding tert-OH is 2. The number of fused-ring (bicyclic) bond motifs is 2. The maximum Gasteiger partial charge on any atom is 0.410 e. The first kappa shape index (κ1) is 52.8. The van der Waals surface area contributed by atoms with Crippen LogP contribution in [0.3, 0.4) is 0 Å². The molecule has 12 nitrogen and oxygen atoms in total. The van der Waals surface area contributed by atoms with Crippen LogP contribution in [-0.2, 0) is 25.6 Å². The second-order valence-electron chi connectivity index (χ2n) is 19.9. The summed E-state index contributed by atoms with van der Waals surface area (Å²) in [5, 5.41) is 25.0. The summed E-state index contributed by atoms with van der Waals surface area (Å²) in [6.07, 6.45) is 22.2. The van der Waals surface area contributed by atoms with Crippen molar-refractivity contribution in [1.29, 1.82) is 0 Å². The van der Waals surface area contributed by atoms with Crippen LogP contribution in [0, 0.1) is 23.6 Å². The molecule has 2 aliphatic carbocycles. The van der Waals surface area contributed by atoms with E-state index in [1.807, 2.05) is 12.1 Å². The number of nitrogens with zero attached hydrogens (tertiary/aromatic N) is 3. The van der Waals surface area contributed by atoms with Gasteiger partial charge in [0.15, 0.2) is 0 Å². The molecule has 0 spiro atoms. The van der Waals surface area contributed by atoms with Crippen molar-refractivity contribution in [3.63, 3.8) is 0 Å². The maximum atomic E-state index is 15.0. The first-order valence-corrected chi connectivity index (χ1v) is 26.8. The zero-order valence-corrected chi connectivity index (χ0v) is 41.6. The molecule has 13 heteroatoms. The van der Waals surface area contributed by atoms with Gasteiger partial charge in [-0.05, 0) is 98.2 Å². The standard InChI is InChI=1S/C56H82FN3O9/c1-3-5-6-7-8-9-10-11-12-18-36-66-55(63)60(41-42-23-25-44(57)26-24-42)51-40-49(58-69-52-22-15-19-35-65-52)47-38-43(20-13-16-32-61)46(21-14-17-33-62)53-48-39-45(64-37-31-59-29-30-59)27-28-50(48)68-56(51,54(47)53)67-34-4-2/h4,23-28,38-39,43,46,51-54,61-62H,2-3,5-22,29-37,40-41H2,1H3/t43-,46+,51-,52?,53+,54+,56+/m0/s1. The van der Waals surface area contributed by atoms with Crippen molar-refractivity contribution < 1.29 is 47.9 Å². The van der Waals surface area contributed by atoms with Crippen molar-refractivity contribution in [3.05, 3.63) is 83.7 Å². The average molecular weight is 960 g/mol. The molecule has 3 fully saturated rings. The number of hydrogen-bond donors (Lipinski definition) is 2. The molecule has 69 heavy (non-hydrogen) atoms. The highest BCUT2D eigenvalue weighted by Crippen LogP contribution is 2.62. The third-order valence-electron chi connectivity index (χ3n) is 14.9. The summed E-state index contributed by atoms with van der Waals surface area (Å²) in [6, 6.07) is 11.5. The molecule has 5 aliphatic rings. The molecule has 2 N–H and O–H groups in total. The Labute approximate surface area is 411 Å². The Morgan fingerprint density at radius 1 is 0.928 bits per heavy atom. The van der Waals surface area contributed by atoms with Gasteiger partial charge in [0.2, 0.25) is 12.1 Å². The molecule has 1 saturated carbocycles. The van der Waals surface area contributed by atoms with Crippen LogP contribution in [0.1, 0.15) is 152 Å². The highest BCUT2D eigenvalue weighted by molar-refractivity contribution is 6.03. The summed E-state index contributed by atoms with van der Waals surface area (Å²) in [4.78, 5) is 25.4. The molecular formula is C56H82FN3O9. The number of allylic oxidation sites excluding steroid dienone is 1. The molecule has 0 radical (unpaired) electrons. The fourth-order valence-corrected chi connectivity index (χ4v) is 11.2. The molecule has 382 valence electrons. The number of amides is 1. The molecule has 2 aromatic carbocycles. The monoisotopic (exact) mass is 960 g/mol. The number of aliphatic hydroxyl groups is 2. The number of benzene rings is 2. The number of halogens is 1. The van der Waals surface area contributed by atoms with Crippen LogP contribution in [0.4, 0.5) is 9.18 Å². The van der Waals surface area contributed by atoms with Gasteiger partial charge in [-0.1, -0.05) is 107 Å². The van der Waals surface area contributed by atoms with Gasteiger partial charge < -0.3 is 38.7 Å². The lowest BCUT2D eigenvalue weighted by molar-refractivity contribution is -0.256. The quantitative estimate of drug-likeness (QED) is 0.0326. The van der Waals surface area contributed by atoms with Gasteiger partial charge in [-0.15, -0.1) is 6.58 Å². The SMILES string of the molecule is C=CCO[C@@]12Oc3ccc(OCCN4CC4)cc3[C@H]3[C@H](CCCCO)[C@@H](CCCCO)C=C(C(=NOC4CCCCO4)C[C@@H]1N(Cc1ccc(F)cc1)C(=O)OCCCCCCCCCCCC)[C@H]32. The zero-order chi connectivity index (χ0) is 48.3. The summed E-state index contributed by atoms with van der Waals surface area (Å²) in [5.74, 6) is -0.993. The van der Waals surface area contributed by atoms with E-state index in [2.05, 4.69) is 30.5 Å². The summed E-state index contributed by atoms with van der Waals surface area (Å²) in [7, 11) is 0. The third kappa shape index (κ3) is 14.6. The van der Waals surface area contributed by atoms with E-state index in [1.165, 1.54) is 57.1 Å². The lowest BCUT2D eigenvalue weighted by atomic mass is 9.55. The van der Waals surface area contributed by atoms with Crippen molar-refractivity contribution in [2.75, 3.05) is 59.3 Å². The number of unbranched alkanes of at least 4 members (excludes halogenated alkanes) is 11. The van der Waals surface area contributed by atoms with Crippen molar-refractivity contribution in [2.45, 2.75) is 166 Å². The van der Waals surface area contributed by atoms with E-state index in [4.69, 9.17) is 33.7 Å². The maximum absolute atomic E-state index is 15.0. The van der Waals surface area contributed by atoms with E-state index >= 15 is 4.79 Å². The molecule has 0 bridgehead atoms. The molecule has 1 amide bonds. The van der Waals surface area contributed by atoms with Gasteiger partial charge in [0.05, 0.1) is 31.5 Å². The minimum absolute atomic E-state index is 0.0580. The number of carbonyl (C=O) groups is 1. The highest BCUT2D eigenvalue weighted by Gasteiger charge is 2.66. The molecule has 3 aliphatic heterocycles. The van der Waals surface area contributed by atoms with Gasteiger partial charge in [-0.2, -0.15) is 0 Å². The van der Waals surface area contributed by atoms with Gasteiger partial charge in [-0.25, -0.2) is 9.18 Å². The third-order valence-corrected chi connectivity index (χ3v) is 14.9. The van der Waals surface area contributed by atoms with Crippen LogP contribution in [0.25, 0.3) is 0 Å². The van der Waals surface area contributed by atoms with E-state index in [9.17, 15) is 14.6 Å². The topological polar surface area (TPSA) is 132 Å². The van der Waals surface area contributed by atoms with Gasteiger partial charge in [0.1, 0.15) is 30.0 Å². The molecular weight excluding hydrogens is 878 g/mol. The Morgan fingerprint density at radius 2 is 1.67 bits per heavy atom. The molecule has 0 aromatic heterocycles. The minimum Gasteiger partial charge on any atom is -0.492 e. The van der Waals surface area contributed by atoms with E-state index in [0.29, 0.717) is 43.9 Å². The Bertz CT molecular complexity index is 1940. The number of rotatable bonds is 31. The van der Waals surface area contributed by atoms with E-state index < -0.39 is 30.1 Å². The van der Waals surface area contributed by atoms with E-state index in [-0.39, 0.29) is 63.0 Å². The van der Waals surface area contributed by atoms with E-state index in [1.54, 1.807) is 23.1 Å². The largest absolute Gasteiger partial charge is 0.492 e. The molecule has 2 aromatic rings. The van der Waals surface area contributed by atoms with Crippen molar-refractivity contribution in [1.82, 2.24) is 9.80 Å². The fourth-order valence-electron chi connectivity index (χ4n) is 11.2. The number of carbonyl (C=O) groups excluding carboxylic acids is 1. The molecule has 7 atom stereocenters. The van der Waals surface area contributed by atoms with Crippen molar-refractivity contribution in [2.24, 2.45) is 22.9 Å². The summed E-state index contributed by atoms with van der Waals surface area (Å²) >= 11 is 0. The van der Waals surface area contributed by atoms with Gasteiger partial charge in [0.25, 0.3) is 0 Å². The van der Waals surface area contributed by atoms with Crippen LogP contribution >= 0.6 is 0 Å². The van der Waals surface area contributed by atoms with E-state index in [0.717, 1.165) is 99.9 Å². The summed E-state index contributed by atoms with van der Waals surface area (Å²) in [6.45, 7) is 11.2. The van der Waals surface area contributed by atoms with Gasteiger partial charge >= 0.3 is 6.09 Å². The summed E-state index contributed by atoms with van der Waals surface area (Å²) < 4.78 is 47.9. The minimum atomic E-state index is -1.47. The van der Waals surface area contributed by atoms with Crippen LogP contribution in [0.15, 0.2) is 71.9 Å². The Hall–Kier alpha value is -4.01. The first-order chi connectivity index (χ1) is 33.9. The Kier molecular flexibility index (Phi) is 21.1. The lowest BCUT2D eigenvalue weighted by Gasteiger charge is -2.60. The summed E-state index contributed by atoms with van der Waals surface area (Å²) in [5.41, 5.74) is 3.36. The van der Waals surface area contributed by atoms with Crippen molar-refractivity contribution in [3.8, 4) is 11.5 Å². The smallest absolute Gasteiger partial charge is 0.410 e. The lowest BCUT2D eigenvalue weighted by Crippen LogP contribution is -2.70. The fraction of sp³-hybridized carbons (Fsp3) is 0.679. The van der Waals surface area contributed by atoms with Crippen LogP contribution in [-0.4, -0.2) is 109 Å². The number of hydrogen-bond acceptors (Lipinski definition) is 11. The average Bonchev–Trinajstić information content (AvgIpc) is 4.20. The van der Waals surface area contributed by atoms with Gasteiger partial charge in [0, 0.05) is 63.7 Å². The Balaban J connectivity index is 1.30. The zero-order valence-electron chi connectivity index (χ0n) is 41.6. The van der Waals surface area contributed by atoms with Crippen LogP contribution < -0.4 is 9.47 Å². The second kappa shape index (κ2) is 27.6. The van der Waals surface area contributed by atoms with Gasteiger partial charge in [-0.3, -0.25) is 9.80 Å². The van der Waals surface area contributed by atoms with Crippen LogP contribution in [0.2, 0.25) is 0 Å².